The van der Waals surface area contributed by atoms with E-state index in [4.69, 9.17) is 5.73 Å². The monoisotopic (exact) mass is 194 g/mol. The molecule has 0 bridgehead atoms. The third-order valence-electron chi connectivity index (χ3n) is 1.69. The minimum atomic E-state index is 0.477. The number of hydrogen-bond donors (Lipinski definition) is 2. The first-order valence-electron chi connectivity index (χ1n) is 3.96. The lowest BCUT2D eigenvalue weighted by molar-refractivity contribution is 0.831. The van der Waals surface area contributed by atoms with Crippen molar-refractivity contribution in [1.29, 1.82) is 0 Å². The molecule has 0 aromatic carbocycles. The standard InChI is InChI=1S/C8H10N4S/c1-10-4-5-2-6-7(13-5)3-8(9)12-11-6/h2-3,10H,4H2,1H3,(H2,9,12). The van der Waals surface area contributed by atoms with Crippen LogP contribution in [0.5, 0.6) is 0 Å². The van der Waals surface area contributed by atoms with Crippen LogP contribution in [0.2, 0.25) is 0 Å². The van der Waals surface area contributed by atoms with Crippen LogP contribution >= 0.6 is 11.3 Å². The summed E-state index contributed by atoms with van der Waals surface area (Å²) < 4.78 is 1.10. The van der Waals surface area contributed by atoms with E-state index in [-0.39, 0.29) is 0 Å². The smallest absolute Gasteiger partial charge is 0.147 e. The van der Waals surface area contributed by atoms with Crippen LogP contribution in [0.25, 0.3) is 10.2 Å². The van der Waals surface area contributed by atoms with Gasteiger partial charge in [0.15, 0.2) is 0 Å². The van der Waals surface area contributed by atoms with Gasteiger partial charge in [-0.25, -0.2) is 0 Å². The van der Waals surface area contributed by atoms with Crippen molar-refractivity contribution in [2.45, 2.75) is 6.54 Å². The molecule has 2 aromatic rings. The van der Waals surface area contributed by atoms with Crippen molar-refractivity contribution in [1.82, 2.24) is 15.5 Å². The fourth-order valence-corrected chi connectivity index (χ4v) is 2.22. The highest BCUT2D eigenvalue weighted by Crippen LogP contribution is 2.24. The number of hydrogen-bond acceptors (Lipinski definition) is 5. The molecule has 0 unspecified atom stereocenters. The van der Waals surface area contributed by atoms with E-state index in [1.165, 1.54) is 4.88 Å². The van der Waals surface area contributed by atoms with Crippen molar-refractivity contribution in [3.63, 3.8) is 0 Å². The highest BCUT2D eigenvalue weighted by atomic mass is 32.1. The SMILES string of the molecule is CNCc1cc2nnc(N)cc2s1. The van der Waals surface area contributed by atoms with E-state index in [1.54, 1.807) is 11.3 Å². The summed E-state index contributed by atoms with van der Waals surface area (Å²) in [4.78, 5) is 1.25. The molecule has 0 radical (unpaired) electrons. The highest BCUT2D eigenvalue weighted by Gasteiger charge is 2.02. The summed E-state index contributed by atoms with van der Waals surface area (Å²) in [6.07, 6.45) is 0. The van der Waals surface area contributed by atoms with Crippen LogP contribution in [0.4, 0.5) is 5.82 Å². The summed E-state index contributed by atoms with van der Waals surface area (Å²) in [6, 6.07) is 3.88. The van der Waals surface area contributed by atoms with Crippen LogP contribution in [0, 0.1) is 0 Å². The summed E-state index contributed by atoms with van der Waals surface area (Å²) in [5.74, 6) is 0.477. The predicted octanol–water partition coefficient (Wildman–Crippen LogP) is 0.993. The number of thiophene rings is 1. The van der Waals surface area contributed by atoms with Gasteiger partial charge in [-0.05, 0) is 13.1 Å². The number of fused-ring (bicyclic) bond motifs is 1. The maximum Gasteiger partial charge on any atom is 0.147 e. The van der Waals surface area contributed by atoms with Crippen LogP contribution in [0.15, 0.2) is 12.1 Å². The second-order valence-electron chi connectivity index (χ2n) is 2.76. The number of nitrogens with zero attached hydrogens (tertiary/aromatic N) is 2. The Morgan fingerprint density at radius 2 is 2.31 bits per heavy atom. The van der Waals surface area contributed by atoms with Gasteiger partial charge >= 0.3 is 0 Å². The van der Waals surface area contributed by atoms with Crippen LogP contribution < -0.4 is 11.1 Å². The molecule has 68 valence electrons. The van der Waals surface area contributed by atoms with Crippen molar-refractivity contribution in [3.8, 4) is 0 Å². The lowest BCUT2D eigenvalue weighted by Crippen LogP contribution is -2.02. The van der Waals surface area contributed by atoms with Gasteiger partial charge in [0.1, 0.15) is 11.3 Å². The molecule has 0 amide bonds. The molecule has 0 saturated heterocycles. The Morgan fingerprint density at radius 3 is 3.08 bits per heavy atom. The first-order valence-corrected chi connectivity index (χ1v) is 4.77. The fraction of sp³-hybridized carbons (Fsp3) is 0.250. The number of nitrogens with two attached hydrogens (primary N) is 1. The van der Waals surface area contributed by atoms with Gasteiger partial charge in [-0.1, -0.05) is 0 Å². The first-order chi connectivity index (χ1) is 6.29. The zero-order valence-corrected chi connectivity index (χ0v) is 8.06. The number of anilines is 1. The van der Waals surface area contributed by atoms with Crippen molar-refractivity contribution in [2.24, 2.45) is 0 Å². The Kier molecular flexibility index (Phi) is 2.12. The molecule has 2 rings (SSSR count). The Balaban J connectivity index is 2.49. The van der Waals surface area contributed by atoms with E-state index in [0.29, 0.717) is 5.82 Å². The van der Waals surface area contributed by atoms with E-state index in [1.807, 2.05) is 19.2 Å². The Morgan fingerprint density at radius 1 is 1.46 bits per heavy atom. The third kappa shape index (κ3) is 1.61. The van der Waals surface area contributed by atoms with Gasteiger partial charge < -0.3 is 11.1 Å². The zero-order valence-electron chi connectivity index (χ0n) is 7.24. The molecule has 0 aliphatic carbocycles. The Bertz CT molecular complexity index is 423. The number of nitrogens with one attached hydrogen (secondary N) is 1. The minimum absolute atomic E-state index is 0.477. The first kappa shape index (κ1) is 8.40. The fourth-order valence-electron chi connectivity index (χ4n) is 1.16. The molecule has 0 aliphatic heterocycles. The summed E-state index contributed by atoms with van der Waals surface area (Å²) in [7, 11) is 1.92. The molecule has 0 spiro atoms. The third-order valence-corrected chi connectivity index (χ3v) is 2.77. The Labute approximate surface area is 79.8 Å². The largest absolute Gasteiger partial charge is 0.382 e. The quantitative estimate of drug-likeness (QED) is 0.748. The van der Waals surface area contributed by atoms with Gasteiger partial charge in [0.05, 0.1) is 4.70 Å². The molecule has 13 heavy (non-hydrogen) atoms. The van der Waals surface area contributed by atoms with E-state index in [0.717, 1.165) is 16.8 Å². The summed E-state index contributed by atoms with van der Waals surface area (Å²) in [5.41, 5.74) is 6.45. The van der Waals surface area contributed by atoms with Crippen molar-refractivity contribution in [3.05, 3.63) is 17.0 Å². The molecule has 0 atom stereocenters. The number of rotatable bonds is 2. The normalized spacial score (nSPS) is 10.8. The topological polar surface area (TPSA) is 63.8 Å². The molecule has 0 saturated carbocycles. The maximum absolute atomic E-state index is 5.52. The molecule has 0 aliphatic rings. The lowest BCUT2D eigenvalue weighted by Gasteiger charge is -1.89. The Hall–Kier alpha value is -1.20. The molecule has 2 heterocycles. The average molecular weight is 194 g/mol. The van der Waals surface area contributed by atoms with Crippen LogP contribution in [0.1, 0.15) is 4.88 Å². The second kappa shape index (κ2) is 3.27. The van der Waals surface area contributed by atoms with Gasteiger partial charge in [-0.3, -0.25) is 0 Å². The van der Waals surface area contributed by atoms with E-state index < -0.39 is 0 Å². The summed E-state index contributed by atoms with van der Waals surface area (Å²) >= 11 is 1.69. The van der Waals surface area contributed by atoms with Crippen LogP contribution in [-0.2, 0) is 6.54 Å². The maximum atomic E-state index is 5.52. The van der Waals surface area contributed by atoms with Gasteiger partial charge in [0.25, 0.3) is 0 Å². The van der Waals surface area contributed by atoms with Gasteiger partial charge in [-0.2, -0.15) is 0 Å². The van der Waals surface area contributed by atoms with E-state index in [9.17, 15) is 0 Å². The number of nitrogen functional groups attached to an aromatic ring is 1. The molecule has 4 nitrogen and oxygen atoms in total. The molecular formula is C8H10N4S. The molecule has 0 fully saturated rings. The van der Waals surface area contributed by atoms with Crippen LogP contribution in [0.3, 0.4) is 0 Å². The van der Waals surface area contributed by atoms with Crippen LogP contribution in [-0.4, -0.2) is 17.2 Å². The van der Waals surface area contributed by atoms with Gasteiger partial charge in [0.2, 0.25) is 0 Å². The number of aromatic nitrogens is 2. The molecular weight excluding hydrogens is 184 g/mol. The minimum Gasteiger partial charge on any atom is -0.382 e. The molecule has 3 N–H and O–H groups in total. The summed E-state index contributed by atoms with van der Waals surface area (Å²) in [5, 5.41) is 10.9. The van der Waals surface area contributed by atoms with Gasteiger partial charge in [0, 0.05) is 17.5 Å². The van der Waals surface area contributed by atoms with Gasteiger partial charge in [-0.15, -0.1) is 21.5 Å². The van der Waals surface area contributed by atoms with Crippen molar-refractivity contribution in [2.75, 3.05) is 12.8 Å². The second-order valence-corrected chi connectivity index (χ2v) is 3.93. The molecule has 2 aromatic heterocycles. The lowest BCUT2D eigenvalue weighted by atomic mass is 10.4. The zero-order chi connectivity index (χ0) is 9.26. The van der Waals surface area contributed by atoms with Crippen molar-refractivity contribution < 1.29 is 0 Å². The highest BCUT2D eigenvalue weighted by molar-refractivity contribution is 7.19. The average Bonchev–Trinajstić information content (AvgIpc) is 2.46. The predicted molar refractivity (Wildman–Crippen MR) is 54.6 cm³/mol. The van der Waals surface area contributed by atoms with E-state index in [2.05, 4.69) is 15.5 Å². The summed E-state index contributed by atoms with van der Waals surface area (Å²) in [6.45, 7) is 0.862. The van der Waals surface area contributed by atoms with Crippen molar-refractivity contribution >= 4 is 27.4 Å². The molecule has 5 heteroatoms. The van der Waals surface area contributed by atoms with E-state index >= 15 is 0 Å².